The van der Waals surface area contributed by atoms with Crippen LogP contribution >= 0.6 is 0 Å². The lowest BCUT2D eigenvalue weighted by atomic mass is 9.92. The molecule has 1 aromatic rings. The number of rotatable bonds is 6. The predicted octanol–water partition coefficient (Wildman–Crippen LogP) is 0.922. The highest BCUT2D eigenvalue weighted by molar-refractivity contribution is 5.10. The van der Waals surface area contributed by atoms with Gasteiger partial charge >= 0.3 is 0 Å². The third-order valence-electron chi connectivity index (χ3n) is 3.50. The SMILES string of the molecule is CCNCc1cc(=O)[nH]c(C2(OCC)CCOCC2)n1. The molecule has 0 unspecified atom stereocenters. The van der Waals surface area contributed by atoms with Gasteiger partial charge in [-0.15, -0.1) is 0 Å². The first-order valence-corrected chi connectivity index (χ1v) is 7.23. The molecule has 2 heterocycles. The fourth-order valence-corrected chi connectivity index (χ4v) is 2.49. The molecule has 0 aromatic carbocycles. The van der Waals surface area contributed by atoms with Gasteiger partial charge in [0, 0.05) is 45.3 Å². The molecule has 2 rings (SSSR count). The van der Waals surface area contributed by atoms with Crippen LogP contribution in [-0.4, -0.2) is 36.3 Å². The highest BCUT2D eigenvalue weighted by Crippen LogP contribution is 2.33. The maximum Gasteiger partial charge on any atom is 0.251 e. The number of nitrogens with one attached hydrogen (secondary N) is 2. The molecular weight excluding hydrogens is 258 g/mol. The van der Waals surface area contributed by atoms with E-state index in [0.717, 1.165) is 12.2 Å². The van der Waals surface area contributed by atoms with E-state index in [1.165, 1.54) is 6.07 Å². The summed E-state index contributed by atoms with van der Waals surface area (Å²) in [7, 11) is 0. The zero-order valence-electron chi connectivity index (χ0n) is 12.2. The molecule has 1 aliphatic heterocycles. The minimum Gasteiger partial charge on any atom is -0.381 e. The number of hydrogen-bond acceptors (Lipinski definition) is 5. The highest BCUT2D eigenvalue weighted by atomic mass is 16.5. The van der Waals surface area contributed by atoms with Crippen LogP contribution in [0.2, 0.25) is 0 Å². The lowest BCUT2D eigenvalue weighted by molar-refractivity contribution is -0.118. The van der Waals surface area contributed by atoms with Crippen molar-refractivity contribution in [1.82, 2.24) is 15.3 Å². The molecule has 0 saturated carbocycles. The second-order valence-corrected chi connectivity index (χ2v) is 4.91. The molecule has 0 amide bonds. The van der Waals surface area contributed by atoms with E-state index >= 15 is 0 Å². The minimum absolute atomic E-state index is 0.131. The third kappa shape index (κ3) is 3.45. The van der Waals surface area contributed by atoms with Crippen LogP contribution in [-0.2, 0) is 21.6 Å². The van der Waals surface area contributed by atoms with Crippen molar-refractivity contribution in [2.45, 2.75) is 38.8 Å². The average Bonchev–Trinajstić information content (AvgIpc) is 2.46. The number of H-pyrrole nitrogens is 1. The van der Waals surface area contributed by atoms with Gasteiger partial charge in [0.25, 0.3) is 5.56 Å². The first-order chi connectivity index (χ1) is 9.70. The van der Waals surface area contributed by atoms with Gasteiger partial charge in [0.15, 0.2) is 0 Å². The molecule has 1 fully saturated rings. The Labute approximate surface area is 118 Å². The third-order valence-corrected chi connectivity index (χ3v) is 3.50. The van der Waals surface area contributed by atoms with Crippen molar-refractivity contribution in [1.29, 1.82) is 0 Å². The van der Waals surface area contributed by atoms with E-state index in [9.17, 15) is 4.79 Å². The van der Waals surface area contributed by atoms with Crippen molar-refractivity contribution in [3.8, 4) is 0 Å². The van der Waals surface area contributed by atoms with E-state index in [1.807, 2.05) is 13.8 Å². The Morgan fingerprint density at radius 3 is 2.85 bits per heavy atom. The van der Waals surface area contributed by atoms with Gasteiger partial charge in [-0.05, 0) is 13.5 Å². The maximum absolute atomic E-state index is 11.9. The van der Waals surface area contributed by atoms with Crippen LogP contribution in [0, 0.1) is 0 Å². The first kappa shape index (κ1) is 15.2. The Hall–Kier alpha value is -1.24. The Morgan fingerprint density at radius 1 is 1.45 bits per heavy atom. The molecular formula is C14H23N3O3. The molecule has 2 N–H and O–H groups in total. The Kier molecular flexibility index (Phi) is 5.28. The van der Waals surface area contributed by atoms with Gasteiger partial charge in [-0.25, -0.2) is 4.98 Å². The Morgan fingerprint density at radius 2 is 2.20 bits per heavy atom. The van der Waals surface area contributed by atoms with Crippen molar-refractivity contribution in [2.75, 3.05) is 26.4 Å². The fourth-order valence-electron chi connectivity index (χ4n) is 2.49. The van der Waals surface area contributed by atoms with Crippen molar-refractivity contribution < 1.29 is 9.47 Å². The Bertz CT molecular complexity index is 475. The second-order valence-electron chi connectivity index (χ2n) is 4.91. The summed E-state index contributed by atoms with van der Waals surface area (Å²) >= 11 is 0. The highest BCUT2D eigenvalue weighted by Gasteiger charge is 2.37. The predicted molar refractivity (Wildman–Crippen MR) is 75.6 cm³/mol. The molecule has 6 heteroatoms. The minimum atomic E-state index is -0.519. The number of aromatic nitrogens is 2. The average molecular weight is 281 g/mol. The Balaban J connectivity index is 2.32. The van der Waals surface area contributed by atoms with Crippen LogP contribution in [0.4, 0.5) is 0 Å². The number of nitrogens with zero attached hydrogens (tertiary/aromatic N) is 1. The summed E-state index contributed by atoms with van der Waals surface area (Å²) in [4.78, 5) is 19.3. The maximum atomic E-state index is 11.9. The number of ether oxygens (including phenoxy) is 2. The lowest BCUT2D eigenvalue weighted by Crippen LogP contribution is -2.40. The first-order valence-electron chi connectivity index (χ1n) is 7.23. The molecule has 0 bridgehead atoms. The van der Waals surface area contributed by atoms with Gasteiger partial charge < -0.3 is 19.8 Å². The molecule has 112 valence electrons. The van der Waals surface area contributed by atoms with Gasteiger partial charge in [-0.3, -0.25) is 4.79 Å². The topological polar surface area (TPSA) is 76.2 Å². The zero-order chi connectivity index (χ0) is 14.4. The summed E-state index contributed by atoms with van der Waals surface area (Å²) in [5.41, 5.74) is 0.0960. The van der Waals surface area contributed by atoms with Gasteiger partial charge in [0.05, 0.1) is 5.69 Å². The summed E-state index contributed by atoms with van der Waals surface area (Å²) in [5.74, 6) is 0.628. The zero-order valence-corrected chi connectivity index (χ0v) is 12.2. The van der Waals surface area contributed by atoms with E-state index in [4.69, 9.17) is 9.47 Å². The van der Waals surface area contributed by atoms with Crippen LogP contribution in [0.25, 0.3) is 0 Å². The van der Waals surface area contributed by atoms with E-state index in [2.05, 4.69) is 15.3 Å². The van der Waals surface area contributed by atoms with Gasteiger partial charge in [0.1, 0.15) is 11.4 Å². The molecule has 6 nitrogen and oxygen atoms in total. The molecule has 0 atom stereocenters. The van der Waals surface area contributed by atoms with Crippen molar-refractivity contribution in [3.63, 3.8) is 0 Å². The molecule has 0 spiro atoms. The smallest absolute Gasteiger partial charge is 0.251 e. The largest absolute Gasteiger partial charge is 0.381 e. The summed E-state index contributed by atoms with van der Waals surface area (Å²) < 4.78 is 11.3. The van der Waals surface area contributed by atoms with E-state index in [0.29, 0.717) is 45.0 Å². The van der Waals surface area contributed by atoms with Crippen LogP contribution in [0.1, 0.15) is 38.2 Å². The van der Waals surface area contributed by atoms with Crippen LogP contribution in [0.15, 0.2) is 10.9 Å². The molecule has 1 aliphatic rings. The van der Waals surface area contributed by atoms with E-state index in [1.54, 1.807) is 0 Å². The van der Waals surface area contributed by atoms with Gasteiger partial charge in [-0.2, -0.15) is 0 Å². The van der Waals surface area contributed by atoms with Crippen LogP contribution in [0.3, 0.4) is 0 Å². The van der Waals surface area contributed by atoms with Gasteiger partial charge in [0.2, 0.25) is 0 Å². The van der Waals surface area contributed by atoms with Gasteiger partial charge in [-0.1, -0.05) is 6.92 Å². The normalized spacial score (nSPS) is 18.1. The summed E-state index contributed by atoms with van der Waals surface area (Å²) in [5, 5.41) is 3.19. The monoisotopic (exact) mass is 281 g/mol. The van der Waals surface area contributed by atoms with E-state index in [-0.39, 0.29) is 5.56 Å². The summed E-state index contributed by atoms with van der Waals surface area (Å²) in [6.07, 6.45) is 1.43. The van der Waals surface area contributed by atoms with Crippen molar-refractivity contribution in [2.24, 2.45) is 0 Å². The fraction of sp³-hybridized carbons (Fsp3) is 0.714. The second kappa shape index (κ2) is 6.97. The van der Waals surface area contributed by atoms with Crippen LogP contribution < -0.4 is 10.9 Å². The van der Waals surface area contributed by atoms with E-state index < -0.39 is 5.60 Å². The number of aromatic amines is 1. The van der Waals surface area contributed by atoms with Crippen molar-refractivity contribution in [3.05, 3.63) is 27.9 Å². The molecule has 20 heavy (non-hydrogen) atoms. The summed E-state index contributed by atoms with van der Waals surface area (Å²) in [6.45, 7) is 7.25. The van der Waals surface area contributed by atoms with Crippen molar-refractivity contribution >= 4 is 0 Å². The molecule has 1 aromatic heterocycles. The summed E-state index contributed by atoms with van der Waals surface area (Å²) in [6, 6.07) is 1.53. The molecule has 0 aliphatic carbocycles. The van der Waals surface area contributed by atoms with Crippen LogP contribution in [0.5, 0.6) is 0 Å². The lowest BCUT2D eigenvalue weighted by Gasteiger charge is -2.35. The standard InChI is InChI=1S/C14H23N3O3/c1-3-15-10-11-9-12(18)17-13(16-11)14(20-4-2)5-7-19-8-6-14/h9,15H,3-8,10H2,1-2H3,(H,16,17,18). The molecule has 0 radical (unpaired) electrons. The quantitative estimate of drug-likeness (QED) is 0.811. The molecule has 1 saturated heterocycles. The number of hydrogen-bond donors (Lipinski definition) is 2.